The fraction of sp³-hybridized carbons (Fsp3) is 0.172. The molecule has 0 bridgehead atoms. The van der Waals surface area contributed by atoms with Gasteiger partial charge in [-0.25, -0.2) is 0 Å². The molecular formula is C29H27NO. The fourth-order valence-corrected chi connectivity index (χ4v) is 4.90. The Balaban J connectivity index is 1.60. The Hall–Kier alpha value is -3.20. The van der Waals surface area contributed by atoms with Crippen LogP contribution in [0.25, 0.3) is 0 Å². The van der Waals surface area contributed by atoms with Gasteiger partial charge in [-0.3, -0.25) is 4.90 Å². The third kappa shape index (κ3) is 3.69. The van der Waals surface area contributed by atoms with Crippen LogP contribution >= 0.6 is 0 Å². The summed E-state index contributed by atoms with van der Waals surface area (Å²) in [4.78, 5) is 2.46. The summed E-state index contributed by atoms with van der Waals surface area (Å²) in [7, 11) is 0. The Kier molecular flexibility index (Phi) is 5.42. The monoisotopic (exact) mass is 405 g/mol. The number of nitrogens with zero attached hydrogens (tertiary/aromatic N) is 1. The lowest BCUT2D eigenvalue weighted by Crippen LogP contribution is -2.40. The molecule has 1 aliphatic heterocycles. The smallest absolute Gasteiger partial charge is 0.0977 e. The molecule has 1 saturated heterocycles. The van der Waals surface area contributed by atoms with Crippen LogP contribution in [0.3, 0.4) is 0 Å². The van der Waals surface area contributed by atoms with E-state index in [2.05, 4.69) is 108 Å². The van der Waals surface area contributed by atoms with Gasteiger partial charge in [-0.05, 0) is 28.7 Å². The molecule has 2 heteroatoms. The van der Waals surface area contributed by atoms with Crippen LogP contribution in [0.1, 0.15) is 22.3 Å². The molecule has 0 radical (unpaired) electrons. The predicted molar refractivity (Wildman–Crippen MR) is 126 cm³/mol. The van der Waals surface area contributed by atoms with Crippen LogP contribution in [-0.2, 0) is 12.0 Å². The zero-order valence-corrected chi connectivity index (χ0v) is 17.5. The maximum atomic E-state index is 11.2. The number of rotatable bonds is 7. The third-order valence-electron chi connectivity index (χ3n) is 6.39. The van der Waals surface area contributed by atoms with E-state index in [9.17, 15) is 5.11 Å². The van der Waals surface area contributed by atoms with Gasteiger partial charge >= 0.3 is 0 Å². The Morgan fingerprint density at radius 2 is 1.03 bits per heavy atom. The molecule has 4 aromatic carbocycles. The van der Waals surface area contributed by atoms with Crippen molar-refractivity contribution in [1.82, 2.24) is 4.90 Å². The number of aliphatic hydroxyl groups excluding tert-OH is 1. The minimum absolute atomic E-state index is 0.0980. The lowest BCUT2D eigenvalue weighted by Gasteiger charge is -2.38. The summed E-state index contributed by atoms with van der Waals surface area (Å²) in [6.07, 6.45) is 0.245. The van der Waals surface area contributed by atoms with E-state index in [4.69, 9.17) is 0 Å². The summed E-state index contributed by atoms with van der Waals surface area (Å²) in [6.45, 7) is 0.854. The molecule has 154 valence electrons. The molecule has 0 amide bonds. The van der Waals surface area contributed by atoms with Gasteiger partial charge in [0.25, 0.3) is 0 Å². The molecule has 1 aliphatic rings. The summed E-state index contributed by atoms with van der Waals surface area (Å²) in [5.41, 5.74) is 4.41. The molecule has 2 nitrogen and oxygen atoms in total. The molecular weight excluding hydrogens is 378 g/mol. The molecule has 0 aromatic heterocycles. The molecule has 5 rings (SSSR count). The van der Waals surface area contributed by atoms with Crippen molar-refractivity contribution in [1.29, 1.82) is 0 Å². The van der Waals surface area contributed by atoms with Gasteiger partial charge in [0.1, 0.15) is 0 Å². The highest BCUT2D eigenvalue weighted by Gasteiger charge is 2.55. The van der Waals surface area contributed by atoms with Gasteiger partial charge in [-0.2, -0.15) is 0 Å². The van der Waals surface area contributed by atoms with Crippen LogP contribution < -0.4 is 0 Å². The maximum Gasteiger partial charge on any atom is 0.0977 e. The highest BCUT2D eigenvalue weighted by molar-refractivity contribution is 5.51. The number of hydrogen-bond acceptors (Lipinski definition) is 2. The largest absolute Gasteiger partial charge is 0.391 e. The van der Waals surface area contributed by atoms with E-state index in [1.165, 1.54) is 22.3 Å². The van der Waals surface area contributed by atoms with E-state index >= 15 is 0 Å². The first kappa shape index (κ1) is 19.7. The molecule has 4 aromatic rings. The van der Waals surface area contributed by atoms with Crippen molar-refractivity contribution < 1.29 is 5.11 Å². The van der Waals surface area contributed by atoms with Crippen molar-refractivity contribution in [2.45, 2.75) is 24.1 Å². The number of aliphatic hydroxyl groups is 1. The second kappa shape index (κ2) is 8.50. The van der Waals surface area contributed by atoms with Crippen LogP contribution in [0, 0.1) is 0 Å². The van der Waals surface area contributed by atoms with E-state index in [-0.39, 0.29) is 6.04 Å². The number of hydrogen-bond donors (Lipinski definition) is 1. The zero-order valence-electron chi connectivity index (χ0n) is 17.5. The molecule has 1 N–H and O–H groups in total. The van der Waals surface area contributed by atoms with Crippen LogP contribution in [0.2, 0.25) is 0 Å². The summed E-state index contributed by atoms with van der Waals surface area (Å²) >= 11 is 0. The summed E-state index contributed by atoms with van der Waals surface area (Å²) in [6, 6.07) is 42.4. The molecule has 0 spiro atoms. The van der Waals surface area contributed by atoms with E-state index < -0.39 is 11.6 Å². The minimum atomic E-state index is -0.438. The highest BCUT2D eigenvalue weighted by Crippen LogP contribution is 2.49. The lowest BCUT2D eigenvalue weighted by atomic mass is 9.76. The Morgan fingerprint density at radius 3 is 1.45 bits per heavy atom. The Bertz CT molecular complexity index is 1000. The molecule has 31 heavy (non-hydrogen) atoms. The van der Waals surface area contributed by atoms with Crippen molar-refractivity contribution >= 4 is 0 Å². The van der Waals surface area contributed by atoms with E-state index in [1.54, 1.807) is 0 Å². The highest BCUT2D eigenvalue weighted by atomic mass is 16.3. The van der Waals surface area contributed by atoms with Crippen molar-refractivity contribution in [3.63, 3.8) is 0 Å². The molecule has 0 aliphatic carbocycles. The topological polar surface area (TPSA) is 23.2 Å². The maximum absolute atomic E-state index is 11.2. The quantitative estimate of drug-likeness (QED) is 0.335. The van der Waals surface area contributed by atoms with Crippen LogP contribution in [0.15, 0.2) is 121 Å². The number of benzene rings is 4. The van der Waals surface area contributed by atoms with Crippen molar-refractivity contribution in [2.24, 2.45) is 0 Å². The second-order valence-electron chi connectivity index (χ2n) is 8.29. The summed E-state index contributed by atoms with van der Waals surface area (Å²) in [5.74, 6) is 0. The van der Waals surface area contributed by atoms with Crippen LogP contribution in [0.4, 0.5) is 0 Å². The normalized spacial score (nSPS) is 19.0. The van der Waals surface area contributed by atoms with Gasteiger partial charge in [0.15, 0.2) is 0 Å². The molecule has 1 fully saturated rings. The molecule has 3 atom stereocenters. The predicted octanol–water partition coefficient (Wildman–Crippen LogP) is 5.27. The minimum Gasteiger partial charge on any atom is -0.391 e. The first-order valence-electron chi connectivity index (χ1n) is 11.0. The Labute approximate surface area is 184 Å². The zero-order chi connectivity index (χ0) is 21.1. The average Bonchev–Trinajstić information content (AvgIpc) is 3.64. The molecule has 1 heterocycles. The molecule has 3 unspecified atom stereocenters. The van der Waals surface area contributed by atoms with Gasteiger partial charge in [-0.15, -0.1) is 0 Å². The van der Waals surface area contributed by atoms with Gasteiger partial charge < -0.3 is 5.11 Å². The summed E-state index contributed by atoms with van der Waals surface area (Å²) < 4.78 is 0. The van der Waals surface area contributed by atoms with Gasteiger partial charge in [0.2, 0.25) is 0 Å². The summed E-state index contributed by atoms with van der Waals surface area (Å²) in [5, 5.41) is 11.2. The van der Waals surface area contributed by atoms with E-state index in [0.717, 1.165) is 6.54 Å². The third-order valence-corrected chi connectivity index (χ3v) is 6.39. The second-order valence-corrected chi connectivity index (χ2v) is 8.29. The first-order valence-corrected chi connectivity index (χ1v) is 11.0. The van der Waals surface area contributed by atoms with E-state index in [1.807, 2.05) is 18.2 Å². The van der Waals surface area contributed by atoms with Crippen LogP contribution in [0.5, 0.6) is 0 Å². The van der Waals surface area contributed by atoms with Crippen molar-refractivity contribution in [3.05, 3.63) is 144 Å². The standard InChI is InChI=1S/C29H27NO/c31-28(21-23-13-5-1-6-14-23)27-22-30(27)29(24-15-7-2-8-16-24,25-17-9-3-10-18-25)26-19-11-4-12-20-26/h1-20,27-28,31H,21-22H2. The van der Waals surface area contributed by atoms with Gasteiger partial charge in [-0.1, -0.05) is 121 Å². The van der Waals surface area contributed by atoms with Gasteiger partial charge in [0, 0.05) is 6.54 Å². The van der Waals surface area contributed by atoms with E-state index in [0.29, 0.717) is 6.42 Å². The van der Waals surface area contributed by atoms with Crippen LogP contribution in [-0.4, -0.2) is 28.7 Å². The Morgan fingerprint density at radius 1 is 0.645 bits per heavy atom. The van der Waals surface area contributed by atoms with Crippen molar-refractivity contribution in [3.8, 4) is 0 Å². The fourth-order valence-electron chi connectivity index (χ4n) is 4.90. The van der Waals surface area contributed by atoms with Gasteiger partial charge in [0.05, 0.1) is 17.7 Å². The molecule has 0 saturated carbocycles. The lowest BCUT2D eigenvalue weighted by molar-refractivity contribution is 0.140. The first-order chi connectivity index (χ1) is 15.3. The average molecular weight is 406 g/mol. The van der Waals surface area contributed by atoms with Crippen molar-refractivity contribution in [2.75, 3.05) is 6.54 Å². The SMILES string of the molecule is OC(Cc1ccccc1)C1CN1C(c1ccccc1)(c1ccccc1)c1ccccc1.